The van der Waals surface area contributed by atoms with Gasteiger partial charge in [0, 0.05) is 12.6 Å². The van der Waals surface area contributed by atoms with Gasteiger partial charge in [0.1, 0.15) is 5.75 Å². The van der Waals surface area contributed by atoms with Gasteiger partial charge in [-0.15, -0.1) is 0 Å². The summed E-state index contributed by atoms with van der Waals surface area (Å²) in [6.45, 7) is 1.34. The summed E-state index contributed by atoms with van der Waals surface area (Å²) in [5.74, 6) is -0.00881. The molecule has 4 nitrogen and oxygen atoms in total. The van der Waals surface area contributed by atoms with E-state index < -0.39 is 5.97 Å². The van der Waals surface area contributed by atoms with Crippen molar-refractivity contribution in [1.29, 1.82) is 0 Å². The average molecular weight is 247 g/mol. The second kappa shape index (κ2) is 4.61. The molecule has 0 bridgehead atoms. The molecular formula is C14H17NO3. The van der Waals surface area contributed by atoms with E-state index >= 15 is 0 Å². The highest BCUT2D eigenvalue weighted by Gasteiger charge is 2.30. The van der Waals surface area contributed by atoms with E-state index in [1.54, 1.807) is 0 Å². The minimum absolute atomic E-state index is 0.141. The van der Waals surface area contributed by atoms with E-state index in [-0.39, 0.29) is 12.0 Å². The maximum atomic E-state index is 10.9. The summed E-state index contributed by atoms with van der Waals surface area (Å²) in [5, 5.41) is 12.3. The summed E-state index contributed by atoms with van der Waals surface area (Å²) in [6.07, 6.45) is 2.81. The van der Waals surface area contributed by atoms with Gasteiger partial charge in [0.2, 0.25) is 0 Å². The molecule has 18 heavy (non-hydrogen) atoms. The predicted molar refractivity (Wildman–Crippen MR) is 66.7 cm³/mol. The topological polar surface area (TPSA) is 58.6 Å². The first kappa shape index (κ1) is 11.5. The molecule has 2 heterocycles. The number of hydrogen-bond acceptors (Lipinski definition) is 3. The van der Waals surface area contributed by atoms with Crippen molar-refractivity contribution in [3.8, 4) is 5.75 Å². The highest BCUT2D eigenvalue weighted by Crippen LogP contribution is 2.32. The molecule has 0 radical (unpaired) electrons. The number of rotatable bonds is 2. The van der Waals surface area contributed by atoms with E-state index in [4.69, 9.17) is 9.84 Å². The second-order valence-electron chi connectivity index (χ2n) is 5.05. The van der Waals surface area contributed by atoms with Crippen LogP contribution in [-0.4, -0.2) is 24.2 Å². The Morgan fingerprint density at radius 2 is 2.33 bits per heavy atom. The lowest BCUT2D eigenvalue weighted by Gasteiger charge is -2.19. The summed E-state index contributed by atoms with van der Waals surface area (Å²) in [4.78, 5) is 10.9. The first-order valence-electron chi connectivity index (χ1n) is 6.46. The van der Waals surface area contributed by atoms with E-state index in [2.05, 4.69) is 23.5 Å². The maximum absolute atomic E-state index is 10.9. The summed E-state index contributed by atoms with van der Waals surface area (Å²) in [6, 6.07) is 6.41. The summed E-state index contributed by atoms with van der Waals surface area (Å²) >= 11 is 0. The molecule has 2 unspecified atom stereocenters. The van der Waals surface area contributed by atoms with Gasteiger partial charge in [-0.1, -0.05) is 12.1 Å². The summed E-state index contributed by atoms with van der Waals surface area (Å²) < 4.78 is 5.65. The number of fused-ring (bicyclic) bond motifs is 1. The zero-order chi connectivity index (χ0) is 12.5. The molecule has 0 amide bonds. The van der Waals surface area contributed by atoms with Crippen LogP contribution in [0, 0.1) is 5.92 Å². The van der Waals surface area contributed by atoms with E-state index in [0.717, 1.165) is 30.8 Å². The Bertz CT molecular complexity index is 472. The van der Waals surface area contributed by atoms with Crippen molar-refractivity contribution >= 4 is 5.97 Å². The Hall–Kier alpha value is -1.55. The molecule has 1 fully saturated rings. The van der Waals surface area contributed by atoms with Crippen LogP contribution < -0.4 is 10.1 Å². The standard InChI is InChI=1S/C14H17NO3/c16-14(17)11-6-12(15-8-11)10-4-3-9-2-1-5-18-13(9)7-10/h3-4,7,11-12,15H,1-2,5-6,8H2,(H,16,17). The van der Waals surface area contributed by atoms with Gasteiger partial charge in [0.25, 0.3) is 0 Å². The highest BCUT2D eigenvalue weighted by atomic mass is 16.5. The second-order valence-corrected chi connectivity index (χ2v) is 5.05. The Morgan fingerprint density at radius 1 is 1.44 bits per heavy atom. The van der Waals surface area contributed by atoms with Gasteiger partial charge in [-0.25, -0.2) is 0 Å². The molecular weight excluding hydrogens is 230 g/mol. The third kappa shape index (κ3) is 2.08. The molecule has 1 saturated heterocycles. The van der Waals surface area contributed by atoms with Crippen molar-refractivity contribution in [2.24, 2.45) is 5.92 Å². The van der Waals surface area contributed by atoms with Crippen molar-refractivity contribution in [1.82, 2.24) is 5.32 Å². The Kier molecular flexibility index (Phi) is 2.96. The third-order valence-electron chi connectivity index (χ3n) is 3.82. The molecule has 0 spiro atoms. The predicted octanol–water partition coefficient (Wildman–Crippen LogP) is 1.75. The summed E-state index contributed by atoms with van der Waals surface area (Å²) in [7, 11) is 0. The largest absolute Gasteiger partial charge is 0.493 e. The van der Waals surface area contributed by atoms with Crippen LogP contribution in [0.5, 0.6) is 5.75 Å². The van der Waals surface area contributed by atoms with Crippen LogP contribution in [0.1, 0.15) is 30.0 Å². The number of hydrogen-bond donors (Lipinski definition) is 2. The molecule has 4 heteroatoms. The number of benzene rings is 1. The molecule has 0 saturated carbocycles. The number of carboxylic acids is 1. The normalized spacial score (nSPS) is 26.4. The monoisotopic (exact) mass is 247 g/mol. The number of carbonyl (C=O) groups is 1. The van der Waals surface area contributed by atoms with Gasteiger partial charge in [0.15, 0.2) is 0 Å². The van der Waals surface area contributed by atoms with Crippen molar-refractivity contribution < 1.29 is 14.6 Å². The molecule has 1 aromatic carbocycles. The number of nitrogens with one attached hydrogen (secondary N) is 1. The van der Waals surface area contributed by atoms with E-state index in [1.165, 1.54) is 5.56 Å². The van der Waals surface area contributed by atoms with Crippen LogP contribution >= 0.6 is 0 Å². The average Bonchev–Trinajstić information content (AvgIpc) is 2.88. The van der Waals surface area contributed by atoms with Crippen LogP contribution in [0.15, 0.2) is 18.2 Å². The van der Waals surface area contributed by atoms with Crippen LogP contribution in [0.3, 0.4) is 0 Å². The molecule has 0 aliphatic carbocycles. The Morgan fingerprint density at radius 3 is 3.11 bits per heavy atom. The first-order valence-corrected chi connectivity index (χ1v) is 6.46. The van der Waals surface area contributed by atoms with Gasteiger partial charge < -0.3 is 15.2 Å². The lowest BCUT2D eigenvalue weighted by atomic mass is 9.97. The van der Waals surface area contributed by atoms with E-state index in [9.17, 15) is 4.79 Å². The molecule has 2 N–H and O–H groups in total. The Labute approximate surface area is 106 Å². The van der Waals surface area contributed by atoms with Crippen LogP contribution in [-0.2, 0) is 11.2 Å². The van der Waals surface area contributed by atoms with E-state index in [1.807, 2.05) is 0 Å². The highest BCUT2D eigenvalue weighted by molar-refractivity contribution is 5.70. The fraction of sp³-hybridized carbons (Fsp3) is 0.500. The first-order chi connectivity index (χ1) is 8.74. The van der Waals surface area contributed by atoms with Crippen LogP contribution in [0.25, 0.3) is 0 Å². The zero-order valence-corrected chi connectivity index (χ0v) is 10.2. The van der Waals surface area contributed by atoms with Gasteiger partial charge in [-0.05, 0) is 36.5 Å². The quantitative estimate of drug-likeness (QED) is 0.836. The van der Waals surface area contributed by atoms with Crippen LogP contribution in [0.4, 0.5) is 0 Å². The van der Waals surface area contributed by atoms with Crippen molar-refractivity contribution in [2.75, 3.05) is 13.2 Å². The molecule has 2 atom stereocenters. The molecule has 2 aliphatic rings. The van der Waals surface area contributed by atoms with Crippen molar-refractivity contribution in [3.63, 3.8) is 0 Å². The molecule has 1 aromatic rings. The minimum atomic E-state index is -0.709. The smallest absolute Gasteiger partial charge is 0.307 e. The molecule has 0 aromatic heterocycles. The number of ether oxygens (including phenoxy) is 1. The molecule has 96 valence electrons. The SMILES string of the molecule is O=C(O)C1CNC(c2ccc3c(c2)OCCC3)C1. The minimum Gasteiger partial charge on any atom is -0.493 e. The zero-order valence-electron chi connectivity index (χ0n) is 10.2. The fourth-order valence-corrected chi connectivity index (χ4v) is 2.75. The number of aryl methyl sites for hydroxylation is 1. The van der Waals surface area contributed by atoms with Crippen LogP contribution in [0.2, 0.25) is 0 Å². The third-order valence-corrected chi connectivity index (χ3v) is 3.82. The summed E-state index contributed by atoms with van der Waals surface area (Å²) in [5.41, 5.74) is 2.40. The lowest BCUT2D eigenvalue weighted by molar-refractivity contribution is -0.141. The van der Waals surface area contributed by atoms with Gasteiger partial charge >= 0.3 is 5.97 Å². The van der Waals surface area contributed by atoms with Crippen molar-refractivity contribution in [3.05, 3.63) is 29.3 Å². The number of carboxylic acid groups (broad SMARTS) is 1. The number of aliphatic carboxylic acids is 1. The van der Waals surface area contributed by atoms with E-state index in [0.29, 0.717) is 13.0 Å². The van der Waals surface area contributed by atoms with Gasteiger partial charge in [0.05, 0.1) is 12.5 Å². The molecule has 3 rings (SSSR count). The maximum Gasteiger partial charge on any atom is 0.307 e. The lowest BCUT2D eigenvalue weighted by Crippen LogP contribution is -2.17. The van der Waals surface area contributed by atoms with Gasteiger partial charge in [-0.2, -0.15) is 0 Å². The fourth-order valence-electron chi connectivity index (χ4n) is 2.75. The van der Waals surface area contributed by atoms with Gasteiger partial charge in [-0.3, -0.25) is 4.79 Å². The van der Waals surface area contributed by atoms with Crippen molar-refractivity contribution in [2.45, 2.75) is 25.3 Å². The molecule has 2 aliphatic heterocycles. The Balaban J connectivity index is 1.79.